The smallest absolute Gasteiger partial charge is 0.254 e. The largest absolute Gasteiger partial charge is 0.378 e. The van der Waals surface area contributed by atoms with E-state index in [1.807, 2.05) is 50.2 Å². The molecule has 2 aromatic rings. The van der Waals surface area contributed by atoms with Crippen molar-refractivity contribution < 1.29 is 13.2 Å². The third-order valence-electron chi connectivity index (χ3n) is 4.00. The van der Waals surface area contributed by atoms with E-state index in [2.05, 4.69) is 0 Å². The Labute approximate surface area is 149 Å². The third kappa shape index (κ3) is 4.82. The van der Waals surface area contributed by atoms with E-state index in [0.29, 0.717) is 18.7 Å². The minimum Gasteiger partial charge on any atom is -0.378 e. The number of benzene rings is 2. The molecule has 0 saturated carbocycles. The molecule has 2 rings (SSSR count). The lowest BCUT2D eigenvalue weighted by Gasteiger charge is -2.22. The molecule has 0 N–H and O–H groups in total. The van der Waals surface area contributed by atoms with Crippen LogP contribution in [0.2, 0.25) is 0 Å². The van der Waals surface area contributed by atoms with Gasteiger partial charge in [0.25, 0.3) is 5.91 Å². The summed E-state index contributed by atoms with van der Waals surface area (Å²) in [5, 5.41) is 0. The number of rotatable bonds is 6. The lowest BCUT2D eigenvalue weighted by Crippen LogP contribution is -2.30. The highest BCUT2D eigenvalue weighted by Gasteiger charge is 2.17. The zero-order valence-corrected chi connectivity index (χ0v) is 15.9. The normalized spacial score (nSPS) is 11.2. The van der Waals surface area contributed by atoms with Crippen LogP contribution in [0.5, 0.6) is 0 Å². The molecule has 1 amide bonds. The van der Waals surface area contributed by atoms with E-state index in [-0.39, 0.29) is 10.8 Å². The van der Waals surface area contributed by atoms with Crippen molar-refractivity contribution in [1.82, 2.24) is 4.90 Å². The molecule has 25 heavy (non-hydrogen) atoms. The van der Waals surface area contributed by atoms with Gasteiger partial charge in [0.2, 0.25) is 0 Å². The molecule has 0 aliphatic heterocycles. The zero-order valence-electron chi connectivity index (χ0n) is 15.1. The summed E-state index contributed by atoms with van der Waals surface area (Å²) >= 11 is 0. The number of sulfone groups is 1. The molecule has 0 aliphatic carbocycles. The average Bonchev–Trinajstić information content (AvgIpc) is 2.59. The van der Waals surface area contributed by atoms with E-state index in [4.69, 9.17) is 0 Å². The predicted octanol–water partition coefficient (Wildman–Crippen LogP) is 2.82. The lowest BCUT2D eigenvalue weighted by atomic mass is 10.1. The minimum atomic E-state index is -3.34. The van der Waals surface area contributed by atoms with Gasteiger partial charge in [-0.2, -0.15) is 0 Å². The molecule has 0 atom stereocenters. The highest BCUT2D eigenvalue weighted by molar-refractivity contribution is 7.90. The van der Waals surface area contributed by atoms with Gasteiger partial charge >= 0.3 is 0 Å². The van der Waals surface area contributed by atoms with E-state index in [1.165, 1.54) is 12.1 Å². The molecule has 0 aliphatic rings. The van der Waals surface area contributed by atoms with Gasteiger partial charge in [0, 0.05) is 44.7 Å². The molecule has 0 unspecified atom stereocenters. The first-order valence-electron chi connectivity index (χ1n) is 8.08. The average molecular weight is 360 g/mol. The number of nitrogens with zero attached hydrogens (tertiary/aromatic N) is 2. The maximum absolute atomic E-state index is 12.8. The molecule has 0 radical (unpaired) electrons. The van der Waals surface area contributed by atoms with Crippen molar-refractivity contribution in [2.45, 2.75) is 18.4 Å². The summed E-state index contributed by atoms with van der Waals surface area (Å²) in [7, 11) is 0.617. The van der Waals surface area contributed by atoms with Crippen LogP contribution in [0.1, 0.15) is 22.8 Å². The molecular weight excluding hydrogens is 336 g/mol. The Morgan fingerprint density at radius 2 is 1.68 bits per heavy atom. The lowest BCUT2D eigenvalue weighted by molar-refractivity contribution is 0.0752. The van der Waals surface area contributed by atoms with Gasteiger partial charge in [-0.05, 0) is 42.8 Å². The molecule has 0 fully saturated rings. The van der Waals surface area contributed by atoms with Crippen molar-refractivity contribution in [3.05, 3.63) is 59.7 Å². The fraction of sp³-hybridized carbons (Fsp3) is 0.316. The Kier molecular flexibility index (Phi) is 5.85. The van der Waals surface area contributed by atoms with Gasteiger partial charge in [0.05, 0.1) is 4.90 Å². The van der Waals surface area contributed by atoms with Gasteiger partial charge in [0.15, 0.2) is 9.84 Å². The molecule has 6 heteroatoms. The van der Waals surface area contributed by atoms with Crippen molar-refractivity contribution in [1.29, 1.82) is 0 Å². The van der Waals surface area contributed by atoms with Crippen molar-refractivity contribution in [3.63, 3.8) is 0 Å². The van der Waals surface area contributed by atoms with Gasteiger partial charge in [-0.25, -0.2) is 8.42 Å². The van der Waals surface area contributed by atoms with Gasteiger partial charge in [-0.1, -0.05) is 18.2 Å². The van der Waals surface area contributed by atoms with Gasteiger partial charge in [0.1, 0.15) is 0 Å². The second-order valence-electron chi connectivity index (χ2n) is 6.18. The van der Waals surface area contributed by atoms with Crippen LogP contribution in [0.4, 0.5) is 5.69 Å². The van der Waals surface area contributed by atoms with E-state index >= 15 is 0 Å². The number of amides is 1. The maximum Gasteiger partial charge on any atom is 0.254 e. The van der Waals surface area contributed by atoms with E-state index < -0.39 is 9.84 Å². The monoisotopic (exact) mass is 360 g/mol. The molecule has 0 spiro atoms. The number of carbonyl (C=O) groups is 1. The molecule has 0 bridgehead atoms. The van der Waals surface area contributed by atoms with E-state index in [0.717, 1.165) is 17.5 Å². The molecule has 5 nitrogen and oxygen atoms in total. The van der Waals surface area contributed by atoms with Gasteiger partial charge in [-0.15, -0.1) is 0 Å². The standard InChI is InChI=1S/C19H24N2O3S/c1-5-21(14-15-9-11-17(12-10-15)20(2)3)19(22)16-7-6-8-18(13-16)25(4,23)24/h6-13H,5,14H2,1-4H3. The second kappa shape index (κ2) is 7.70. The van der Waals surface area contributed by atoms with Crippen LogP contribution in [0.15, 0.2) is 53.4 Å². The highest BCUT2D eigenvalue weighted by atomic mass is 32.2. The fourth-order valence-corrected chi connectivity index (χ4v) is 3.16. The van der Waals surface area contributed by atoms with Gasteiger partial charge in [-0.3, -0.25) is 4.79 Å². The summed E-state index contributed by atoms with van der Waals surface area (Å²) in [6, 6.07) is 14.2. The van der Waals surface area contributed by atoms with Crippen LogP contribution in [-0.4, -0.2) is 46.1 Å². The Hall–Kier alpha value is -2.34. The summed E-state index contributed by atoms with van der Waals surface area (Å²) in [5.74, 6) is -0.176. The SMILES string of the molecule is CCN(Cc1ccc(N(C)C)cc1)C(=O)c1cccc(S(C)(=O)=O)c1. The number of carbonyl (C=O) groups excluding carboxylic acids is 1. The van der Waals surface area contributed by atoms with Crippen LogP contribution in [-0.2, 0) is 16.4 Å². The molecule has 134 valence electrons. The molecular formula is C19H24N2O3S. The highest BCUT2D eigenvalue weighted by Crippen LogP contribution is 2.17. The predicted molar refractivity (Wildman–Crippen MR) is 101 cm³/mol. The first-order chi connectivity index (χ1) is 11.7. The van der Waals surface area contributed by atoms with Crippen LogP contribution < -0.4 is 4.90 Å². The topological polar surface area (TPSA) is 57.7 Å². The van der Waals surface area contributed by atoms with Crippen LogP contribution in [0.3, 0.4) is 0 Å². The van der Waals surface area contributed by atoms with E-state index in [1.54, 1.807) is 17.0 Å². The van der Waals surface area contributed by atoms with Crippen molar-refractivity contribution >= 4 is 21.4 Å². The summed E-state index contributed by atoms with van der Waals surface area (Å²) in [5.41, 5.74) is 2.51. The fourth-order valence-electron chi connectivity index (χ4n) is 2.49. The first-order valence-corrected chi connectivity index (χ1v) is 9.97. The molecule has 0 aromatic heterocycles. The summed E-state index contributed by atoms with van der Waals surface area (Å²) in [6.45, 7) is 2.93. The summed E-state index contributed by atoms with van der Waals surface area (Å²) < 4.78 is 23.4. The van der Waals surface area contributed by atoms with Crippen molar-refractivity contribution in [2.24, 2.45) is 0 Å². The summed E-state index contributed by atoms with van der Waals surface area (Å²) in [6.07, 6.45) is 1.14. The molecule has 0 saturated heterocycles. The molecule has 0 heterocycles. The first kappa shape index (κ1) is 19.0. The Bertz CT molecular complexity index is 843. The summed E-state index contributed by atoms with van der Waals surface area (Å²) in [4.78, 5) is 16.6. The van der Waals surface area contributed by atoms with Crippen LogP contribution in [0.25, 0.3) is 0 Å². The van der Waals surface area contributed by atoms with Crippen molar-refractivity contribution in [2.75, 3.05) is 31.8 Å². The third-order valence-corrected chi connectivity index (χ3v) is 5.11. The van der Waals surface area contributed by atoms with Gasteiger partial charge < -0.3 is 9.80 Å². The molecule has 2 aromatic carbocycles. The Balaban J connectivity index is 2.21. The van der Waals surface area contributed by atoms with Crippen LogP contribution in [0, 0.1) is 0 Å². The van der Waals surface area contributed by atoms with E-state index in [9.17, 15) is 13.2 Å². The second-order valence-corrected chi connectivity index (χ2v) is 8.20. The number of anilines is 1. The van der Waals surface area contributed by atoms with Crippen LogP contribution >= 0.6 is 0 Å². The number of hydrogen-bond acceptors (Lipinski definition) is 4. The maximum atomic E-state index is 12.8. The number of hydrogen-bond donors (Lipinski definition) is 0. The zero-order chi connectivity index (χ0) is 18.6. The quantitative estimate of drug-likeness (QED) is 0.795. The minimum absolute atomic E-state index is 0.157. The Morgan fingerprint density at radius 3 is 2.20 bits per heavy atom. The van der Waals surface area contributed by atoms with Crippen molar-refractivity contribution in [3.8, 4) is 0 Å². The Morgan fingerprint density at radius 1 is 1.04 bits per heavy atom.